The van der Waals surface area contributed by atoms with Gasteiger partial charge >= 0.3 is 0 Å². The average Bonchev–Trinajstić information content (AvgIpc) is 2.50. The van der Waals surface area contributed by atoms with Gasteiger partial charge in [-0.2, -0.15) is 5.10 Å². The molecule has 1 aromatic rings. The van der Waals surface area contributed by atoms with Crippen LogP contribution in [0.2, 0.25) is 5.15 Å². The number of alkyl halides is 1. The minimum absolute atomic E-state index is 0.759. The van der Waals surface area contributed by atoms with Crippen molar-refractivity contribution in [2.75, 3.05) is 18.4 Å². The molecule has 0 saturated carbocycles. The molecule has 5 heteroatoms. The van der Waals surface area contributed by atoms with Gasteiger partial charge in [0, 0.05) is 24.5 Å². The van der Waals surface area contributed by atoms with E-state index in [-0.39, 0.29) is 0 Å². The zero-order chi connectivity index (χ0) is 12.1. The van der Waals surface area contributed by atoms with Crippen molar-refractivity contribution in [2.24, 2.45) is 7.05 Å². The smallest absolute Gasteiger partial charge is 0.131 e. The summed E-state index contributed by atoms with van der Waals surface area (Å²) in [5.74, 6) is 0. The van der Waals surface area contributed by atoms with E-state index in [1.165, 1.54) is 0 Å². The summed E-state index contributed by atoms with van der Waals surface area (Å²) in [5.41, 5.74) is 2.19. The van der Waals surface area contributed by atoms with E-state index in [0.29, 0.717) is 0 Å². The van der Waals surface area contributed by atoms with Gasteiger partial charge in [-0.3, -0.25) is 9.58 Å². The van der Waals surface area contributed by atoms with Crippen LogP contribution in [0.5, 0.6) is 0 Å². The van der Waals surface area contributed by atoms with Crippen LogP contribution in [0, 0.1) is 6.92 Å². The van der Waals surface area contributed by atoms with Gasteiger partial charge < -0.3 is 0 Å². The molecule has 92 valence electrons. The Kier molecular flexibility index (Phi) is 5.79. The second-order valence-electron chi connectivity index (χ2n) is 3.89. The molecule has 0 radical (unpaired) electrons. The second kappa shape index (κ2) is 6.62. The fraction of sp³-hybridized carbons (Fsp3) is 0.727. The summed E-state index contributed by atoms with van der Waals surface area (Å²) in [4.78, 5) is 2.39. The average molecular weight is 309 g/mol. The van der Waals surface area contributed by atoms with E-state index in [9.17, 15) is 0 Å². The third-order valence-corrected chi connectivity index (χ3v) is 3.74. The van der Waals surface area contributed by atoms with E-state index in [1.54, 1.807) is 4.68 Å². The molecule has 0 aliphatic carbocycles. The molecule has 0 aromatic carbocycles. The quantitative estimate of drug-likeness (QED) is 0.753. The molecule has 1 rings (SSSR count). The minimum atomic E-state index is 0.759. The zero-order valence-electron chi connectivity index (χ0n) is 10.1. The van der Waals surface area contributed by atoms with Crippen molar-refractivity contribution in [1.82, 2.24) is 14.7 Å². The number of halogens is 2. The fourth-order valence-electron chi connectivity index (χ4n) is 1.71. The van der Waals surface area contributed by atoms with Gasteiger partial charge in [0.15, 0.2) is 0 Å². The maximum absolute atomic E-state index is 6.21. The molecule has 0 atom stereocenters. The molecular weight excluding hydrogens is 289 g/mol. The number of aryl methyl sites for hydroxylation is 2. The summed E-state index contributed by atoms with van der Waals surface area (Å²) in [6.07, 6.45) is 1.16. The van der Waals surface area contributed by atoms with Crippen molar-refractivity contribution in [3.05, 3.63) is 16.4 Å². The van der Waals surface area contributed by atoms with Crippen molar-refractivity contribution >= 4 is 27.5 Å². The third-order valence-electron chi connectivity index (χ3n) is 2.71. The maximum Gasteiger partial charge on any atom is 0.131 e. The highest BCUT2D eigenvalue weighted by Crippen LogP contribution is 2.20. The third kappa shape index (κ3) is 3.47. The van der Waals surface area contributed by atoms with Crippen LogP contribution in [0.3, 0.4) is 0 Å². The molecular formula is C11H19BrClN3. The molecule has 0 fully saturated rings. The van der Waals surface area contributed by atoms with Crippen LogP contribution in [-0.4, -0.2) is 33.1 Å². The molecule has 0 bridgehead atoms. The van der Waals surface area contributed by atoms with Gasteiger partial charge in [-0.25, -0.2) is 0 Å². The van der Waals surface area contributed by atoms with E-state index >= 15 is 0 Å². The second-order valence-corrected chi connectivity index (χ2v) is 5.04. The summed E-state index contributed by atoms with van der Waals surface area (Å²) in [6, 6.07) is 0. The molecule has 0 unspecified atom stereocenters. The molecule has 16 heavy (non-hydrogen) atoms. The molecule has 0 aliphatic rings. The van der Waals surface area contributed by atoms with Crippen LogP contribution >= 0.6 is 27.5 Å². The van der Waals surface area contributed by atoms with Gasteiger partial charge in [0.1, 0.15) is 5.15 Å². The zero-order valence-corrected chi connectivity index (χ0v) is 12.5. The summed E-state index contributed by atoms with van der Waals surface area (Å²) >= 11 is 9.67. The first kappa shape index (κ1) is 14.0. The molecule has 1 heterocycles. The summed E-state index contributed by atoms with van der Waals surface area (Å²) in [7, 11) is 1.88. The van der Waals surface area contributed by atoms with Crippen molar-refractivity contribution < 1.29 is 0 Å². The van der Waals surface area contributed by atoms with E-state index in [0.717, 1.165) is 47.8 Å². The molecule has 0 aliphatic heterocycles. The van der Waals surface area contributed by atoms with E-state index < -0.39 is 0 Å². The van der Waals surface area contributed by atoms with E-state index in [2.05, 4.69) is 32.9 Å². The van der Waals surface area contributed by atoms with Crippen molar-refractivity contribution in [2.45, 2.75) is 26.8 Å². The predicted octanol–water partition coefficient (Wildman–Crippen LogP) is 2.99. The standard InChI is InChI=1S/C11H19BrClN3/c1-4-16(7-5-6-12)8-10-9(2)14-15(3)11(10)13/h4-8H2,1-3H3. The highest BCUT2D eigenvalue weighted by Gasteiger charge is 2.13. The number of aromatic nitrogens is 2. The Hall–Kier alpha value is -0.0600. The van der Waals surface area contributed by atoms with Crippen LogP contribution < -0.4 is 0 Å². The lowest BCUT2D eigenvalue weighted by Gasteiger charge is -2.19. The first-order valence-corrected chi connectivity index (χ1v) is 7.06. The van der Waals surface area contributed by atoms with Gasteiger partial charge in [-0.05, 0) is 26.4 Å². The number of hydrogen-bond donors (Lipinski definition) is 0. The SMILES string of the molecule is CCN(CCCBr)Cc1c(C)nn(C)c1Cl. The Morgan fingerprint density at radius 3 is 2.62 bits per heavy atom. The van der Waals surface area contributed by atoms with Gasteiger partial charge in [-0.15, -0.1) is 0 Å². The van der Waals surface area contributed by atoms with Gasteiger partial charge in [0.2, 0.25) is 0 Å². The lowest BCUT2D eigenvalue weighted by Crippen LogP contribution is -2.24. The molecule has 0 amide bonds. The monoisotopic (exact) mass is 307 g/mol. The lowest BCUT2D eigenvalue weighted by molar-refractivity contribution is 0.281. The van der Waals surface area contributed by atoms with Crippen molar-refractivity contribution in [1.29, 1.82) is 0 Å². The summed E-state index contributed by atoms with van der Waals surface area (Å²) < 4.78 is 1.74. The number of nitrogens with zero attached hydrogens (tertiary/aromatic N) is 3. The Balaban J connectivity index is 2.69. The molecule has 0 N–H and O–H groups in total. The van der Waals surface area contributed by atoms with E-state index in [4.69, 9.17) is 11.6 Å². The lowest BCUT2D eigenvalue weighted by atomic mass is 10.2. The van der Waals surface area contributed by atoms with Crippen LogP contribution in [0.25, 0.3) is 0 Å². The summed E-state index contributed by atoms with van der Waals surface area (Å²) in [6.45, 7) is 7.21. The molecule has 1 aromatic heterocycles. The first-order chi connectivity index (χ1) is 7.60. The maximum atomic E-state index is 6.21. The number of hydrogen-bond acceptors (Lipinski definition) is 2. The van der Waals surface area contributed by atoms with Gasteiger partial charge in [0.05, 0.1) is 5.69 Å². The fourth-order valence-corrected chi connectivity index (χ4v) is 2.19. The first-order valence-electron chi connectivity index (χ1n) is 5.56. The minimum Gasteiger partial charge on any atom is -0.299 e. The highest BCUT2D eigenvalue weighted by molar-refractivity contribution is 9.09. The van der Waals surface area contributed by atoms with Gasteiger partial charge in [0.25, 0.3) is 0 Å². The van der Waals surface area contributed by atoms with Crippen molar-refractivity contribution in [3.63, 3.8) is 0 Å². The highest BCUT2D eigenvalue weighted by atomic mass is 79.9. The van der Waals surface area contributed by atoms with Crippen molar-refractivity contribution in [3.8, 4) is 0 Å². The normalized spacial score (nSPS) is 11.4. The number of rotatable bonds is 6. The molecule has 0 saturated heterocycles. The topological polar surface area (TPSA) is 21.1 Å². The Labute approximate surface area is 111 Å². The van der Waals surface area contributed by atoms with Crippen LogP contribution in [0.1, 0.15) is 24.6 Å². The predicted molar refractivity (Wildman–Crippen MR) is 72.3 cm³/mol. The van der Waals surface area contributed by atoms with Crippen LogP contribution in [0.15, 0.2) is 0 Å². The largest absolute Gasteiger partial charge is 0.299 e. The van der Waals surface area contributed by atoms with Gasteiger partial charge in [-0.1, -0.05) is 34.5 Å². The molecule has 3 nitrogen and oxygen atoms in total. The molecule has 0 spiro atoms. The Morgan fingerprint density at radius 2 is 2.19 bits per heavy atom. The van der Waals surface area contributed by atoms with E-state index in [1.807, 2.05) is 14.0 Å². The van der Waals surface area contributed by atoms with Crippen LogP contribution in [-0.2, 0) is 13.6 Å². The Bertz CT molecular complexity index is 338. The Morgan fingerprint density at radius 1 is 1.50 bits per heavy atom. The van der Waals surface area contributed by atoms with Crippen LogP contribution in [0.4, 0.5) is 0 Å². The summed E-state index contributed by atoms with van der Waals surface area (Å²) in [5, 5.41) is 6.13.